The molecule has 2 aliphatic heterocycles. The van der Waals surface area contributed by atoms with Crippen molar-refractivity contribution in [1.82, 2.24) is 10.1 Å². The number of hydrogen-bond donors (Lipinski definition) is 3. The number of imide groups is 1. The van der Waals surface area contributed by atoms with Crippen molar-refractivity contribution in [2.45, 2.75) is 6.23 Å². The lowest BCUT2D eigenvalue weighted by Crippen LogP contribution is -2.25. The van der Waals surface area contributed by atoms with Crippen LogP contribution in [-0.2, 0) is 0 Å². The fraction of sp³-hybridized carbons (Fsp3) is 0.0588. The van der Waals surface area contributed by atoms with Crippen LogP contribution in [0.1, 0.15) is 58.8 Å². The van der Waals surface area contributed by atoms with Gasteiger partial charge < -0.3 is 5.11 Å². The number of aliphatic hydroxyl groups excluding tert-OH is 1. The molecule has 0 bridgehead atoms. The smallest absolute Gasteiger partial charge is 0.285 e. The Labute approximate surface area is 145 Å². The van der Waals surface area contributed by atoms with Gasteiger partial charge in [0.2, 0.25) is 0 Å². The van der Waals surface area contributed by atoms with Crippen LogP contribution in [0, 0.1) is 0 Å². The number of aliphatic hydroxyl groups is 1. The van der Waals surface area contributed by atoms with E-state index in [-0.39, 0.29) is 43.5 Å². The van der Waals surface area contributed by atoms with Crippen LogP contribution in [0.3, 0.4) is 0 Å². The minimum Gasteiger partial charge on any atom is -0.367 e. The monoisotopic (exact) mass is 354 g/mol. The van der Waals surface area contributed by atoms with E-state index in [2.05, 4.69) is 0 Å². The van der Waals surface area contributed by atoms with E-state index in [1.54, 1.807) is 0 Å². The van der Waals surface area contributed by atoms with E-state index >= 15 is 0 Å². The molecule has 3 N–H and O–H groups in total. The lowest BCUT2D eigenvalue weighted by Gasteiger charge is -2.11. The number of amides is 3. The van der Waals surface area contributed by atoms with Gasteiger partial charge in [-0.3, -0.25) is 29.6 Å². The average Bonchev–Trinajstić information content (AvgIpc) is 3.01. The quantitative estimate of drug-likeness (QED) is 0.411. The van der Waals surface area contributed by atoms with Gasteiger partial charge in [0, 0.05) is 22.3 Å². The Bertz CT molecular complexity index is 1030. The van der Waals surface area contributed by atoms with Crippen molar-refractivity contribution >= 4 is 23.5 Å². The number of nitrogens with zero attached hydrogens (tertiary/aromatic N) is 2. The number of hydrogen-bond acceptors (Lipinski definition) is 7. The minimum absolute atomic E-state index is 0.0139. The van der Waals surface area contributed by atoms with Crippen molar-refractivity contribution in [1.29, 1.82) is 0 Å². The van der Waals surface area contributed by atoms with Gasteiger partial charge in [0.05, 0.1) is 11.1 Å². The molecule has 2 aromatic rings. The molecule has 130 valence electrons. The van der Waals surface area contributed by atoms with Crippen LogP contribution in [0.15, 0.2) is 36.4 Å². The van der Waals surface area contributed by atoms with Gasteiger partial charge in [-0.05, 0) is 24.3 Å². The number of rotatable bonds is 2. The molecule has 0 radical (unpaired) electrons. The van der Waals surface area contributed by atoms with Crippen molar-refractivity contribution in [3.05, 3.63) is 69.8 Å². The number of fused-ring (bicyclic) bond motifs is 2. The third-order valence-corrected chi connectivity index (χ3v) is 4.39. The predicted octanol–water partition coefficient (Wildman–Crippen LogP) is 0.739. The molecule has 9 heteroatoms. The molecule has 1 unspecified atom stereocenters. The first-order valence-corrected chi connectivity index (χ1v) is 7.42. The van der Waals surface area contributed by atoms with E-state index < -0.39 is 29.7 Å². The summed E-state index contributed by atoms with van der Waals surface area (Å²) in [7, 11) is 0. The first-order chi connectivity index (χ1) is 12.3. The Morgan fingerprint density at radius 2 is 1.38 bits per heavy atom. The molecule has 0 fully saturated rings. The molecule has 9 nitrogen and oxygen atoms in total. The second-order valence-electron chi connectivity index (χ2n) is 5.84. The summed E-state index contributed by atoms with van der Waals surface area (Å²) in [5.74, 6) is -3.10. The molecule has 2 heterocycles. The largest absolute Gasteiger partial charge is 0.367 e. The molecule has 2 aromatic carbocycles. The number of carbonyl (C=O) groups excluding carboxylic acids is 4. The molecular weight excluding hydrogens is 344 g/mol. The highest BCUT2D eigenvalue weighted by Gasteiger charge is 2.37. The molecule has 3 amide bonds. The van der Waals surface area contributed by atoms with Gasteiger partial charge in [0.25, 0.3) is 17.7 Å². The fourth-order valence-electron chi connectivity index (χ4n) is 3.01. The van der Waals surface area contributed by atoms with Crippen molar-refractivity contribution < 1.29 is 34.7 Å². The summed E-state index contributed by atoms with van der Waals surface area (Å²) < 4.78 is 0. The Morgan fingerprint density at radius 3 is 2.08 bits per heavy atom. The maximum Gasteiger partial charge on any atom is 0.285 e. The van der Waals surface area contributed by atoms with Crippen LogP contribution in [-0.4, -0.2) is 49.2 Å². The van der Waals surface area contributed by atoms with Crippen LogP contribution in [0.5, 0.6) is 0 Å². The molecule has 0 spiro atoms. The van der Waals surface area contributed by atoms with Crippen molar-refractivity contribution in [2.75, 3.05) is 0 Å². The zero-order valence-corrected chi connectivity index (χ0v) is 12.9. The summed E-state index contributed by atoms with van der Waals surface area (Å²) in [6.45, 7) is 0. The van der Waals surface area contributed by atoms with E-state index in [0.717, 1.165) is 0 Å². The number of ketones is 1. The van der Waals surface area contributed by atoms with Gasteiger partial charge in [0.1, 0.15) is 0 Å². The first-order valence-electron chi connectivity index (χ1n) is 7.42. The van der Waals surface area contributed by atoms with Gasteiger partial charge in [0.15, 0.2) is 12.0 Å². The topological polar surface area (TPSA) is 135 Å². The van der Waals surface area contributed by atoms with E-state index in [9.17, 15) is 34.7 Å². The summed E-state index contributed by atoms with van der Waals surface area (Å²) in [5, 5.41) is 28.8. The van der Waals surface area contributed by atoms with E-state index in [0.29, 0.717) is 0 Å². The minimum atomic E-state index is -1.58. The summed E-state index contributed by atoms with van der Waals surface area (Å²) in [4.78, 5) is 47.9. The van der Waals surface area contributed by atoms with Crippen LogP contribution >= 0.6 is 0 Å². The molecule has 26 heavy (non-hydrogen) atoms. The van der Waals surface area contributed by atoms with E-state index in [1.807, 2.05) is 0 Å². The summed E-state index contributed by atoms with van der Waals surface area (Å²) >= 11 is 0. The normalized spacial score (nSPS) is 18.4. The molecule has 0 aromatic heterocycles. The molecule has 1 atom stereocenters. The van der Waals surface area contributed by atoms with Crippen LogP contribution in [0.25, 0.3) is 0 Å². The molecule has 4 rings (SSSR count). The molecule has 0 saturated heterocycles. The molecule has 0 saturated carbocycles. The molecular formula is C17H10N2O7. The zero-order chi connectivity index (χ0) is 18.7. The molecule has 2 aliphatic rings. The molecule has 0 aliphatic carbocycles. The van der Waals surface area contributed by atoms with Crippen molar-refractivity contribution in [3.63, 3.8) is 0 Å². The number of benzene rings is 2. The van der Waals surface area contributed by atoms with Crippen LogP contribution < -0.4 is 0 Å². The van der Waals surface area contributed by atoms with Crippen molar-refractivity contribution in [2.24, 2.45) is 0 Å². The van der Waals surface area contributed by atoms with Gasteiger partial charge >= 0.3 is 0 Å². The SMILES string of the molecule is O=C(c1ccc2c(c1)C(=O)N(O)C2=O)c1ccc2c(c1)C(O)N(O)C2=O. The van der Waals surface area contributed by atoms with Gasteiger partial charge in [-0.15, -0.1) is 5.06 Å². The first kappa shape index (κ1) is 16.1. The van der Waals surface area contributed by atoms with E-state index in [4.69, 9.17) is 0 Å². The third kappa shape index (κ3) is 2.02. The Balaban J connectivity index is 1.74. The lowest BCUT2D eigenvalue weighted by molar-refractivity contribution is -0.152. The van der Waals surface area contributed by atoms with E-state index in [1.165, 1.54) is 36.4 Å². The maximum absolute atomic E-state index is 12.7. The lowest BCUT2D eigenvalue weighted by atomic mass is 9.96. The summed E-state index contributed by atoms with van der Waals surface area (Å²) in [5.41, 5.74) is 0.240. The van der Waals surface area contributed by atoms with Crippen LogP contribution in [0.2, 0.25) is 0 Å². The third-order valence-electron chi connectivity index (χ3n) is 4.39. The fourth-order valence-corrected chi connectivity index (χ4v) is 3.01. The van der Waals surface area contributed by atoms with Crippen LogP contribution in [0.4, 0.5) is 0 Å². The Kier molecular flexibility index (Phi) is 3.28. The average molecular weight is 354 g/mol. The van der Waals surface area contributed by atoms with Gasteiger partial charge in [-0.2, -0.15) is 5.06 Å². The second-order valence-corrected chi connectivity index (χ2v) is 5.84. The van der Waals surface area contributed by atoms with Gasteiger partial charge in [-0.25, -0.2) is 0 Å². The predicted molar refractivity (Wildman–Crippen MR) is 81.5 cm³/mol. The highest BCUT2D eigenvalue weighted by Crippen LogP contribution is 2.31. The highest BCUT2D eigenvalue weighted by atomic mass is 16.5. The second kappa shape index (κ2) is 5.30. The van der Waals surface area contributed by atoms with Crippen molar-refractivity contribution in [3.8, 4) is 0 Å². The summed E-state index contributed by atoms with van der Waals surface area (Å²) in [6, 6.07) is 7.72. The Hall–Kier alpha value is -3.40. The summed E-state index contributed by atoms with van der Waals surface area (Å²) in [6.07, 6.45) is -1.58. The number of hydroxylamine groups is 4. The highest BCUT2D eigenvalue weighted by molar-refractivity contribution is 6.21. The number of carbonyl (C=O) groups is 4. The maximum atomic E-state index is 12.7. The standard InChI is InChI=1S/C17H10N2O7/c20-13(7-1-3-9-11(5-7)16(23)18(25)14(9)21)8-2-4-10-12(6-8)17(24)19(26)15(10)22/h1-6,16,23,25-26H. The van der Waals surface area contributed by atoms with Gasteiger partial charge in [-0.1, -0.05) is 12.1 Å². The Morgan fingerprint density at radius 1 is 0.808 bits per heavy atom. The zero-order valence-electron chi connectivity index (χ0n) is 12.9.